The highest BCUT2D eigenvalue weighted by molar-refractivity contribution is 5.33. The predicted molar refractivity (Wildman–Crippen MR) is 75.9 cm³/mol. The number of hydrogen-bond acceptors (Lipinski definition) is 2. The summed E-state index contributed by atoms with van der Waals surface area (Å²) < 4.78 is 6.01. The molecule has 100 valence electrons. The van der Waals surface area contributed by atoms with Crippen molar-refractivity contribution in [2.75, 3.05) is 13.2 Å². The third kappa shape index (κ3) is 4.02. The zero-order chi connectivity index (χ0) is 12.6. The number of hydrogen-bond donors (Lipinski definition) is 1. The highest BCUT2D eigenvalue weighted by Crippen LogP contribution is 2.26. The fraction of sp³-hybridized carbons (Fsp3) is 0.625. The second kappa shape index (κ2) is 7.42. The minimum Gasteiger partial charge on any atom is -0.493 e. The number of nitrogens with one attached hydrogen (secondary N) is 1. The normalized spacial score (nSPS) is 16.1. The van der Waals surface area contributed by atoms with E-state index in [1.807, 2.05) is 0 Å². The minimum absolute atomic E-state index is 0.779. The Hall–Kier alpha value is -1.02. The summed E-state index contributed by atoms with van der Waals surface area (Å²) in [5, 5.41) is 3.44. The van der Waals surface area contributed by atoms with Crippen LogP contribution in [0.5, 0.6) is 5.75 Å². The Morgan fingerprint density at radius 2 is 2.00 bits per heavy atom. The van der Waals surface area contributed by atoms with Gasteiger partial charge in [-0.05, 0) is 37.8 Å². The highest BCUT2D eigenvalue weighted by atomic mass is 16.5. The Balaban J connectivity index is 1.85. The standard InChI is InChI=1S/C16H25NO/c1-2-11-17-12-15-9-5-6-10-16(15)18-13-14-7-3-4-8-14/h5-6,9-10,14,17H,2-4,7-8,11-13H2,1H3. The molecule has 0 aliphatic heterocycles. The molecule has 1 aromatic carbocycles. The first-order valence-electron chi connectivity index (χ1n) is 7.31. The van der Waals surface area contributed by atoms with Gasteiger partial charge in [0, 0.05) is 12.1 Å². The summed E-state index contributed by atoms with van der Waals surface area (Å²) >= 11 is 0. The molecular formula is C16H25NO. The van der Waals surface area contributed by atoms with E-state index in [9.17, 15) is 0 Å². The number of ether oxygens (including phenoxy) is 1. The second-order valence-corrected chi connectivity index (χ2v) is 5.25. The second-order valence-electron chi connectivity index (χ2n) is 5.25. The van der Waals surface area contributed by atoms with Crippen molar-refractivity contribution in [3.05, 3.63) is 29.8 Å². The van der Waals surface area contributed by atoms with Gasteiger partial charge in [-0.3, -0.25) is 0 Å². The van der Waals surface area contributed by atoms with Gasteiger partial charge in [0.1, 0.15) is 5.75 Å². The molecule has 0 spiro atoms. The van der Waals surface area contributed by atoms with E-state index < -0.39 is 0 Å². The van der Waals surface area contributed by atoms with Crippen LogP contribution in [0.25, 0.3) is 0 Å². The maximum Gasteiger partial charge on any atom is 0.123 e. The lowest BCUT2D eigenvalue weighted by molar-refractivity contribution is 0.249. The van der Waals surface area contributed by atoms with Crippen molar-refractivity contribution in [2.24, 2.45) is 5.92 Å². The zero-order valence-corrected chi connectivity index (χ0v) is 11.5. The number of benzene rings is 1. The third-order valence-corrected chi connectivity index (χ3v) is 3.66. The molecule has 0 aromatic heterocycles. The van der Waals surface area contributed by atoms with E-state index in [0.717, 1.165) is 31.4 Å². The molecule has 1 saturated carbocycles. The fourth-order valence-electron chi connectivity index (χ4n) is 2.58. The van der Waals surface area contributed by atoms with Gasteiger partial charge in [-0.25, -0.2) is 0 Å². The molecule has 1 aliphatic rings. The van der Waals surface area contributed by atoms with Crippen LogP contribution in [-0.2, 0) is 6.54 Å². The molecule has 2 rings (SSSR count). The van der Waals surface area contributed by atoms with E-state index in [-0.39, 0.29) is 0 Å². The molecule has 1 aromatic rings. The minimum atomic E-state index is 0.779. The number of para-hydroxylation sites is 1. The molecule has 0 saturated heterocycles. The Kier molecular flexibility index (Phi) is 5.53. The maximum atomic E-state index is 6.01. The first kappa shape index (κ1) is 13.4. The van der Waals surface area contributed by atoms with Crippen molar-refractivity contribution in [3.8, 4) is 5.75 Å². The molecule has 2 heteroatoms. The molecular weight excluding hydrogens is 222 g/mol. The van der Waals surface area contributed by atoms with E-state index in [1.165, 1.54) is 37.7 Å². The average Bonchev–Trinajstić information content (AvgIpc) is 2.91. The Labute approximate surface area is 111 Å². The van der Waals surface area contributed by atoms with E-state index in [4.69, 9.17) is 4.74 Å². The van der Waals surface area contributed by atoms with Crippen LogP contribution in [0.1, 0.15) is 44.6 Å². The molecule has 1 N–H and O–H groups in total. The van der Waals surface area contributed by atoms with Gasteiger partial charge in [-0.15, -0.1) is 0 Å². The van der Waals surface area contributed by atoms with Crippen LogP contribution >= 0.6 is 0 Å². The predicted octanol–water partition coefficient (Wildman–Crippen LogP) is 3.76. The Morgan fingerprint density at radius 1 is 1.22 bits per heavy atom. The van der Waals surface area contributed by atoms with Gasteiger partial charge in [-0.2, -0.15) is 0 Å². The lowest BCUT2D eigenvalue weighted by atomic mass is 10.1. The van der Waals surface area contributed by atoms with Crippen LogP contribution < -0.4 is 10.1 Å². The SMILES string of the molecule is CCCNCc1ccccc1OCC1CCCC1. The topological polar surface area (TPSA) is 21.3 Å². The molecule has 0 amide bonds. The van der Waals surface area contributed by atoms with Gasteiger partial charge in [-0.1, -0.05) is 38.0 Å². The summed E-state index contributed by atoms with van der Waals surface area (Å²) in [6.45, 7) is 5.06. The molecule has 18 heavy (non-hydrogen) atoms. The van der Waals surface area contributed by atoms with E-state index in [0.29, 0.717) is 0 Å². The van der Waals surface area contributed by atoms with Gasteiger partial charge in [0.15, 0.2) is 0 Å². The van der Waals surface area contributed by atoms with Crippen LogP contribution in [0.15, 0.2) is 24.3 Å². The summed E-state index contributed by atoms with van der Waals surface area (Å²) in [5.41, 5.74) is 1.28. The fourth-order valence-corrected chi connectivity index (χ4v) is 2.58. The van der Waals surface area contributed by atoms with Crippen molar-refractivity contribution in [3.63, 3.8) is 0 Å². The summed E-state index contributed by atoms with van der Waals surface area (Å²) in [7, 11) is 0. The first-order chi connectivity index (χ1) is 8.90. The lowest BCUT2D eigenvalue weighted by Crippen LogP contribution is -2.15. The number of rotatable bonds is 7. The molecule has 0 radical (unpaired) electrons. The van der Waals surface area contributed by atoms with Gasteiger partial charge in [0.25, 0.3) is 0 Å². The quantitative estimate of drug-likeness (QED) is 0.741. The largest absolute Gasteiger partial charge is 0.493 e. The summed E-state index contributed by atoms with van der Waals surface area (Å²) in [6, 6.07) is 8.41. The third-order valence-electron chi connectivity index (χ3n) is 3.66. The molecule has 0 bridgehead atoms. The summed E-state index contributed by atoms with van der Waals surface area (Å²) in [6.07, 6.45) is 6.62. The van der Waals surface area contributed by atoms with Crippen LogP contribution in [0.4, 0.5) is 0 Å². The zero-order valence-electron chi connectivity index (χ0n) is 11.5. The van der Waals surface area contributed by atoms with E-state index in [2.05, 4.69) is 36.5 Å². The molecule has 0 atom stereocenters. The Morgan fingerprint density at radius 3 is 2.78 bits per heavy atom. The molecule has 0 unspecified atom stereocenters. The van der Waals surface area contributed by atoms with Crippen LogP contribution in [0, 0.1) is 5.92 Å². The van der Waals surface area contributed by atoms with Crippen molar-refractivity contribution >= 4 is 0 Å². The highest BCUT2D eigenvalue weighted by Gasteiger charge is 2.16. The molecule has 1 fully saturated rings. The molecule has 0 heterocycles. The summed E-state index contributed by atoms with van der Waals surface area (Å²) in [4.78, 5) is 0. The van der Waals surface area contributed by atoms with Crippen molar-refractivity contribution in [1.82, 2.24) is 5.32 Å². The monoisotopic (exact) mass is 247 g/mol. The van der Waals surface area contributed by atoms with Gasteiger partial charge in [0.2, 0.25) is 0 Å². The maximum absolute atomic E-state index is 6.01. The van der Waals surface area contributed by atoms with Crippen molar-refractivity contribution in [1.29, 1.82) is 0 Å². The smallest absolute Gasteiger partial charge is 0.123 e. The van der Waals surface area contributed by atoms with Crippen molar-refractivity contribution in [2.45, 2.75) is 45.6 Å². The average molecular weight is 247 g/mol. The summed E-state index contributed by atoms with van der Waals surface area (Å²) in [5.74, 6) is 1.84. The van der Waals surface area contributed by atoms with Crippen LogP contribution in [0.3, 0.4) is 0 Å². The van der Waals surface area contributed by atoms with E-state index >= 15 is 0 Å². The first-order valence-corrected chi connectivity index (χ1v) is 7.31. The Bertz CT molecular complexity index is 345. The van der Waals surface area contributed by atoms with Gasteiger partial charge < -0.3 is 10.1 Å². The van der Waals surface area contributed by atoms with Crippen LogP contribution in [0.2, 0.25) is 0 Å². The van der Waals surface area contributed by atoms with Gasteiger partial charge in [0.05, 0.1) is 6.61 Å². The molecule has 2 nitrogen and oxygen atoms in total. The van der Waals surface area contributed by atoms with Gasteiger partial charge >= 0.3 is 0 Å². The van der Waals surface area contributed by atoms with E-state index in [1.54, 1.807) is 0 Å². The molecule has 1 aliphatic carbocycles. The van der Waals surface area contributed by atoms with Crippen LogP contribution in [-0.4, -0.2) is 13.2 Å². The van der Waals surface area contributed by atoms with Crippen molar-refractivity contribution < 1.29 is 4.74 Å². The lowest BCUT2D eigenvalue weighted by Gasteiger charge is -2.15.